The SMILES string of the molecule is OC[C@H]1C[C@@H](O[C@H]2O[C@H](CO)[C@@H](O)[C@H](O)[C@@H]2O)[C@H](O)[C@@H](O)[C@H]1O. The van der Waals surface area contributed by atoms with E-state index in [0.29, 0.717) is 0 Å². The molecule has 10 heteroatoms. The van der Waals surface area contributed by atoms with Crippen molar-refractivity contribution in [3.05, 3.63) is 0 Å². The van der Waals surface area contributed by atoms with Crippen LogP contribution in [-0.2, 0) is 9.47 Å². The van der Waals surface area contributed by atoms with Gasteiger partial charge in [-0.05, 0) is 6.42 Å². The van der Waals surface area contributed by atoms with Crippen LogP contribution in [0, 0.1) is 5.92 Å². The summed E-state index contributed by atoms with van der Waals surface area (Å²) in [6.07, 6.45) is -12.9. The van der Waals surface area contributed by atoms with Gasteiger partial charge in [0.15, 0.2) is 6.29 Å². The van der Waals surface area contributed by atoms with Crippen LogP contribution in [0.1, 0.15) is 6.42 Å². The molecule has 2 aliphatic rings. The minimum absolute atomic E-state index is 0.0229. The molecule has 136 valence electrons. The van der Waals surface area contributed by atoms with Crippen molar-refractivity contribution in [3.63, 3.8) is 0 Å². The van der Waals surface area contributed by atoms with Crippen molar-refractivity contribution >= 4 is 0 Å². The Hall–Kier alpha value is -0.400. The minimum atomic E-state index is -1.64. The molecule has 0 aromatic carbocycles. The van der Waals surface area contributed by atoms with E-state index in [0.717, 1.165) is 0 Å². The van der Waals surface area contributed by atoms with Crippen LogP contribution in [0.5, 0.6) is 0 Å². The first kappa shape index (κ1) is 18.9. The molecule has 10 atom stereocenters. The lowest BCUT2D eigenvalue weighted by Gasteiger charge is -2.44. The lowest BCUT2D eigenvalue weighted by Crippen LogP contribution is -2.62. The molecule has 23 heavy (non-hydrogen) atoms. The Morgan fingerprint density at radius 2 is 1.35 bits per heavy atom. The zero-order valence-electron chi connectivity index (χ0n) is 12.3. The molecule has 1 saturated heterocycles. The van der Waals surface area contributed by atoms with E-state index in [-0.39, 0.29) is 6.42 Å². The zero-order valence-corrected chi connectivity index (χ0v) is 12.3. The van der Waals surface area contributed by atoms with E-state index in [1.807, 2.05) is 0 Å². The highest BCUT2D eigenvalue weighted by Crippen LogP contribution is 2.31. The highest BCUT2D eigenvalue weighted by molar-refractivity contribution is 4.95. The quantitative estimate of drug-likeness (QED) is 0.247. The molecule has 8 N–H and O–H groups in total. The van der Waals surface area contributed by atoms with Gasteiger partial charge in [-0.15, -0.1) is 0 Å². The molecule has 0 spiro atoms. The van der Waals surface area contributed by atoms with Gasteiger partial charge in [0.2, 0.25) is 0 Å². The van der Waals surface area contributed by atoms with E-state index in [2.05, 4.69) is 0 Å². The number of ether oxygens (including phenoxy) is 2. The first-order chi connectivity index (χ1) is 10.8. The normalized spacial score (nSPS) is 51.7. The molecule has 0 unspecified atom stereocenters. The largest absolute Gasteiger partial charge is 0.396 e. The highest BCUT2D eigenvalue weighted by atomic mass is 16.7. The van der Waals surface area contributed by atoms with Crippen LogP contribution in [0.15, 0.2) is 0 Å². The third kappa shape index (κ3) is 3.66. The average molecular weight is 340 g/mol. The number of aliphatic hydroxyl groups is 8. The van der Waals surface area contributed by atoms with E-state index in [9.17, 15) is 35.7 Å². The summed E-state index contributed by atoms with van der Waals surface area (Å²) in [4.78, 5) is 0. The van der Waals surface area contributed by atoms with Gasteiger partial charge in [-0.1, -0.05) is 0 Å². The predicted molar refractivity (Wildman–Crippen MR) is 71.9 cm³/mol. The summed E-state index contributed by atoms with van der Waals surface area (Å²) in [7, 11) is 0. The Balaban J connectivity index is 2.07. The van der Waals surface area contributed by atoms with Crippen LogP contribution in [-0.4, -0.2) is 109 Å². The standard InChI is InChI=1S/C13H24O10/c14-2-4-1-5(8(17)10(19)7(4)16)22-13-12(21)11(20)9(18)6(3-15)23-13/h4-21H,1-3H2/t4-,5-,6-,7+,8+,9-,10+,11+,12+,13+/m1/s1. The zero-order chi connectivity index (χ0) is 17.3. The minimum Gasteiger partial charge on any atom is -0.396 e. The van der Waals surface area contributed by atoms with Crippen molar-refractivity contribution < 1.29 is 50.3 Å². The van der Waals surface area contributed by atoms with Gasteiger partial charge < -0.3 is 50.3 Å². The van der Waals surface area contributed by atoms with Gasteiger partial charge >= 0.3 is 0 Å². The molecule has 1 aliphatic carbocycles. The summed E-state index contributed by atoms with van der Waals surface area (Å²) >= 11 is 0. The maximum atomic E-state index is 9.96. The first-order valence-corrected chi connectivity index (χ1v) is 7.42. The Labute approximate surface area is 132 Å². The smallest absolute Gasteiger partial charge is 0.187 e. The van der Waals surface area contributed by atoms with E-state index in [1.165, 1.54) is 0 Å². The second-order valence-corrected chi connectivity index (χ2v) is 6.02. The summed E-state index contributed by atoms with van der Waals surface area (Å²) in [6, 6.07) is 0. The average Bonchev–Trinajstić information content (AvgIpc) is 2.55. The molecule has 0 bridgehead atoms. The summed E-state index contributed by atoms with van der Waals surface area (Å²) < 4.78 is 10.5. The van der Waals surface area contributed by atoms with E-state index >= 15 is 0 Å². The fourth-order valence-corrected chi connectivity index (χ4v) is 2.95. The molecule has 0 aromatic rings. The van der Waals surface area contributed by atoms with Gasteiger partial charge in [0.25, 0.3) is 0 Å². The van der Waals surface area contributed by atoms with Gasteiger partial charge in [-0.25, -0.2) is 0 Å². The van der Waals surface area contributed by atoms with Crippen molar-refractivity contribution in [2.24, 2.45) is 5.92 Å². The molecular formula is C13H24O10. The van der Waals surface area contributed by atoms with Crippen molar-refractivity contribution in [1.82, 2.24) is 0 Å². The molecule has 0 radical (unpaired) electrons. The molecule has 2 fully saturated rings. The predicted octanol–water partition coefficient (Wildman–Crippen LogP) is -4.73. The lowest BCUT2D eigenvalue weighted by atomic mass is 9.81. The van der Waals surface area contributed by atoms with Crippen LogP contribution in [0.3, 0.4) is 0 Å². The van der Waals surface area contributed by atoms with Crippen molar-refractivity contribution in [3.8, 4) is 0 Å². The first-order valence-electron chi connectivity index (χ1n) is 7.42. The highest BCUT2D eigenvalue weighted by Gasteiger charge is 2.48. The maximum absolute atomic E-state index is 9.96. The van der Waals surface area contributed by atoms with Crippen LogP contribution in [0.4, 0.5) is 0 Å². The second-order valence-electron chi connectivity index (χ2n) is 6.02. The molecule has 2 rings (SSSR count). The Kier molecular flexibility index (Phi) is 6.30. The number of rotatable bonds is 4. The lowest BCUT2D eigenvalue weighted by molar-refractivity contribution is -0.326. The summed E-state index contributed by atoms with van der Waals surface area (Å²) in [5.41, 5.74) is 0. The Morgan fingerprint density at radius 3 is 1.91 bits per heavy atom. The topological polar surface area (TPSA) is 180 Å². The van der Waals surface area contributed by atoms with Gasteiger partial charge in [0.05, 0.1) is 18.8 Å². The summed E-state index contributed by atoms with van der Waals surface area (Å²) in [5, 5.41) is 77.1. The molecule has 10 nitrogen and oxygen atoms in total. The van der Waals surface area contributed by atoms with Gasteiger partial charge in [0.1, 0.15) is 36.6 Å². The van der Waals surface area contributed by atoms with Crippen molar-refractivity contribution in [2.45, 2.75) is 61.5 Å². The van der Waals surface area contributed by atoms with Crippen LogP contribution >= 0.6 is 0 Å². The van der Waals surface area contributed by atoms with E-state index < -0.39 is 74.3 Å². The molecule has 1 aliphatic heterocycles. The molecule has 0 aromatic heterocycles. The van der Waals surface area contributed by atoms with Gasteiger partial charge in [-0.2, -0.15) is 0 Å². The monoisotopic (exact) mass is 340 g/mol. The Morgan fingerprint density at radius 1 is 0.739 bits per heavy atom. The molecule has 1 heterocycles. The summed E-state index contributed by atoms with van der Waals surface area (Å²) in [5.74, 6) is -0.747. The van der Waals surface area contributed by atoms with Crippen LogP contribution in [0.2, 0.25) is 0 Å². The second kappa shape index (κ2) is 7.66. The van der Waals surface area contributed by atoms with Crippen LogP contribution in [0.25, 0.3) is 0 Å². The number of aliphatic hydroxyl groups excluding tert-OH is 8. The fourth-order valence-electron chi connectivity index (χ4n) is 2.95. The van der Waals surface area contributed by atoms with Crippen molar-refractivity contribution in [1.29, 1.82) is 0 Å². The summed E-state index contributed by atoms with van der Waals surface area (Å²) in [6.45, 7) is -1.07. The Bertz CT molecular complexity index is 344. The molecular weight excluding hydrogens is 316 g/mol. The van der Waals surface area contributed by atoms with E-state index in [4.69, 9.17) is 14.6 Å². The third-order valence-corrected chi connectivity index (χ3v) is 4.49. The third-order valence-electron chi connectivity index (χ3n) is 4.49. The van der Waals surface area contributed by atoms with E-state index in [1.54, 1.807) is 0 Å². The molecule has 0 amide bonds. The van der Waals surface area contributed by atoms with Crippen molar-refractivity contribution in [2.75, 3.05) is 13.2 Å². The number of hydrogen-bond donors (Lipinski definition) is 8. The fraction of sp³-hybridized carbons (Fsp3) is 1.00. The van der Waals surface area contributed by atoms with Crippen LogP contribution < -0.4 is 0 Å². The molecule has 1 saturated carbocycles. The van der Waals surface area contributed by atoms with Gasteiger partial charge in [-0.3, -0.25) is 0 Å². The van der Waals surface area contributed by atoms with Gasteiger partial charge in [0, 0.05) is 12.5 Å². The number of hydrogen-bond acceptors (Lipinski definition) is 10. The maximum Gasteiger partial charge on any atom is 0.187 e.